The third-order valence-corrected chi connectivity index (χ3v) is 5.65. The van der Waals surface area contributed by atoms with E-state index in [1.54, 1.807) is 7.05 Å². The quantitative estimate of drug-likeness (QED) is 0.345. The summed E-state index contributed by atoms with van der Waals surface area (Å²) in [5.41, 5.74) is 1.50. The van der Waals surface area contributed by atoms with Crippen LogP contribution in [0.2, 0.25) is 5.02 Å². The fourth-order valence-corrected chi connectivity index (χ4v) is 3.60. The summed E-state index contributed by atoms with van der Waals surface area (Å²) in [6, 6.07) is 13.0. The Morgan fingerprint density at radius 2 is 1.60 bits per heavy atom. The molecule has 186 valence electrons. The molecule has 0 aliphatic carbocycles. The zero-order valence-corrected chi connectivity index (χ0v) is 19.7. The highest BCUT2D eigenvalue weighted by molar-refractivity contribution is 6.31. The summed E-state index contributed by atoms with van der Waals surface area (Å²) in [7, 11) is 1.60. The molecule has 3 rings (SSSR count). The van der Waals surface area contributed by atoms with Crippen LogP contribution in [0.1, 0.15) is 32.6 Å². The maximum Gasteiger partial charge on any atom is 0.458 e. The van der Waals surface area contributed by atoms with Crippen LogP contribution in [0, 0.1) is 6.92 Å². The second-order valence-corrected chi connectivity index (χ2v) is 8.47. The fourth-order valence-electron chi connectivity index (χ4n) is 3.45. The van der Waals surface area contributed by atoms with Crippen molar-refractivity contribution < 1.29 is 26.7 Å². The van der Waals surface area contributed by atoms with Crippen LogP contribution in [0.25, 0.3) is 0 Å². The predicted octanol–water partition coefficient (Wildman–Crippen LogP) is 6.62. The Labute approximate surface area is 204 Å². The number of hydrogen-bond acceptors (Lipinski definition) is 3. The van der Waals surface area contributed by atoms with Crippen molar-refractivity contribution in [1.82, 2.24) is 9.88 Å². The number of pyridine rings is 1. The first-order chi connectivity index (χ1) is 16.4. The Kier molecular flexibility index (Phi) is 8.00. The smallest absolute Gasteiger partial charge is 0.372 e. The van der Waals surface area contributed by atoms with Gasteiger partial charge in [-0.2, -0.15) is 22.0 Å². The van der Waals surface area contributed by atoms with Gasteiger partial charge < -0.3 is 10.2 Å². The molecule has 0 aliphatic heterocycles. The number of anilines is 1. The van der Waals surface area contributed by atoms with Gasteiger partial charge in [0.1, 0.15) is 5.82 Å². The minimum Gasteiger partial charge on any atom is -0.372 e. The lowest BCUT2D eigenvalue weighted by molar-refractivity contribution is -0.289. The second-order valence-electron chi connectivity index (χ2n) is 8.03. The van der Waals surface area contributed by atoms with Crippen molar-refractivity contribution in [3.63, 3.8) is 0 Å². The third-order valence-electron chi connectivity index (χ3n) is 5.45. The minimum atomic E-state index is -5.70. The molecule has 0 saturated carbocycles. The number of nitrogens with one attached hydrogen (secondary N) is 1. The van der Waals surface area contributed by atoms with Crippen molar-refractivity contribution in [2.24, 2.45) is 0 Å². The Morgan fingerprint density at radius 1 is 1.00 bits per heavy atom. The lowest BCUT2D eigenvalue weighted by atomic mass is 10.0. The van der Waals surface area contributed by atoms with Gasteiger partial charge in [-0.3, -0.25) is 4.79 Å². The molecule has 2 aromatic carbocycles. The third kappa shape index (κ3) is 6.28. The number of halogens is 6. The number of amides is 1. The van der Waals surface area contributed by atoms with E-state index in [4.69, 9.17) is 11.6 Å². The van der Waals surface area contributed by atoms with E-state index >= 15 is 0 Å². The van der Waals surface area contributed by atoms with Crippen LogP contribution in [0.4, 0.5) is 27.8 Å². The van der Waals surface area contributed by atoms with Crippen molar-refractivity contribution in [3.05, 3.63) is 93.6 Å². The van der Waals surface area contributed by atoms with Gasteiger partial charge >= 0.3 is 12.1 Å². The summed E-state index contributed by atoms with van der Waals surface area (Å²) in [6.45, 7) is 2.20. The molecule has 1 heterocycles. The van der Waals surface area contributed by atoms with Crippen LogP contribution in [0.15, 0.2) is 60.8 Å². The molecule has 0 atom stereocenters. The van der Waals surface area contributed by atoms with Crippen molar-refractivity contribution >= 4 is 23.3 Å². The van der Waals surface area contributed by atoms with E-state index < -0.39 is 23.6 Å². The average Bonchev–Trinajstić information content (AvgIpc) is 2.82. The van der Waals surface area contributed by atoms with Gasteiger partial charge in [0.15, 0.2) is 0 Å². The van der Waals surface area contributed by atoms with Gasteiger partial charge in [-0.25, -0.2) is 4.98 Å². The monoisotopic (exact) mass is 511 g/mol. The Morgan fingerprint density at radius 3 is 2.17 bits per heavy atom. The molecule has 1 aromatic heterocycles. The Hall–Kier alpha value is -3.20. The number of benzene rings is 2. The van der Waals surface area contributed by atoms with Gasteiger partial charge in [-0.05, 0) is 30.5 Å². The molecular weight excluding hydrogens is 489 g/mol. The van der Waals surface area contributed by atoms with Crippen LogP contribution in [-0.2, 0) is 18.9 Å². The lowest BCUT2D eigenvalue weighted by Gasteiger charge is -2.25. The molecular formula is C25H23ClF5N3O. The molecule has 0 saturated heterocycles. The van der Waals surface area contributed by atoms with Gasteiger partial charge in [-0.15, -0.1) is 0 Å². The Balaban J connectivity index is 1.88. The number of carbonyl (C=O) groups excluding carboxylic acids is 1. The normalized spacial score (nSPS) is 11.9. The largest absolute Gasteiger partial charge is 0.458 e. The van der Waals surface area contributed by atoms with Crippen molar-refractivity contribution in [3.8, 4) is 0 Å². The van der Waals surface area contributed by atoms with Crippen LogP contribution in [0.3, 0.4) is 0 Å². The van der Waals surface area contributed by atoms with E-state index in [-0.39, 0.29) is 23.7 Å². The average molecular weight is 512 g/mol. The first kappa shape index (κ1) is 26.4. The number of carbonyl (C=O) groups is 1. The maximum atomic E-state index is 13.6. The van der Waals surface area contributed by atoms with Crippen LogP contribution < -0.4 is 5.32 Å². The summed E-state index contributed by atoms with van der Waals surface area (Å²) >= 11 is 6.04. The predicted molar refractivity (Wildman–Crippen MR) is 125 cm³/mol. The molecule has 0 bridgehead atoms. The number of alkyl halides is 5. The number of nitrogens with zero attached hydrogens (tertiary/aromatic N) is 2. The molecule has 35 heavy (non-hydrogen) atoms. The van der Waals surface area contributed by atoms with Gasteiger partial charge in [0.25, 0.3) is 5.91 Å². The van der Waals surface area contributed by atoms with Crippen molar-refractivity contribution in [2.75, 3.05) is 18.9 Å². The second kappa shape index (κ2) is 10.6. The summed E-state index contributed by atoms with van der Waals surface area (Å²) < 4.78 is 65.4. The zero-order chi connectivity index (χ0) is 25.8. The van der Waals surface area contributed by atoms with E-state index in [0.717, 1.165) is 35.4 Å². The zero-order valence-electron chi connectivity index (χ0n) is 19.0. The standard InChI is InChI=1S/C25H23ClF5N3O/c1-16-3-5-17(6-4-16)11-12-34(23(35)21-13-20(26)14-33-22(21)32-2)15-18-7-9-19(10-8-18)24(27,28)25(29,30)31/h3-10,13-14H,11-12,15H2,1-2H3,(H,32,33). The molecule has 1 N–H and O–H groups in total. The minimum absolute atomic E-state index is 0.0156. The molecule has 3 aromatic rings. The maximum absolute atomic E-state index is 13.6. The molecule has 1 amide bonds. The van der Waals surface area contributed by atoms with Crippen LogP contribution >= 0.6 is 11.6 Å². The number of aryl methyl sites for hydroxylation is 1. The fraction of sp³-hybridized carbons (Fsp3) is 0.280. The first-order valence-electron chi connectivity index (χ1n) is 10.6. The topological polar surface area (TPSA) is 45.2 Å². The van der Waals surface area contributed by atoms with Gasteiger partial charge in [-0.1, -0.05) is 65.7 Å². The first-order valence-corrected chi connectivity index (χ1v) is 11.0. The highest BCUT2D eigenvalue weighted by Gasteiger charge is 2.58. The van der Waals surface area contributed by atoms with Crippen molar-refractivity contribution in [2.45, 2.75) is 32.0 Å². The summed E-state index contributed by atoms with van der Waals surface area (Å²) in [6.07, 6.45) is -3.81. The van der Waals surface area contributed by atoms with Gasteiger partial charge in [0.2, 0.25) is 0 Å². The van der Waals surface area contributed by atoms with E-state index in [1.807, 2.05) is 31.2 Å². The molecule has 0 fully saturated rings. The van der Waals surface area contributed by atoms with Crippen LogP contribution in [0.5, 0.6) is 0 Å². The van der Waals surface area contributed by atoms with E-state index in [2.05, 4.69) is 10.3 Å². The molecule has 0 spiro atoms. The van der Waals surface area contributed by atoms with Crippen LogP contribution in [-0.4, -0.2) is 35.6 Å². The van der Waals surface area contributed by atoms with E-state index in [1.165, 1.54) is 17.2 Å². The number of hydrogen-bond donors (Lipinski definition) is 1. The molecule has 4 nitrogen and oxygen atoms in total. The van der Waals surface area contributed by atoms with Gasteiger partial charge in [0.05, 0.1) is 10.6 Å². The van der Waals surface area contributed by atoms with E-state index in [0.29, 0.717) is 17.8 Å². The number of aromatic nitrogens is 1. The molecule has 10 heteroatoms. The van der Waals surface area contributed by atoms with E-state index in [9.17, 15) is 26.7 Å². The summed E-state index contributed by atoms with van der Waals surface area (Å²) in [4.78, 5) is 19.0. The Bertz CT molecular complexity index is 1170. The molecule has 0 aliphatic rings. The lowest BCUT2D eigenvalue weighted by Crippen LogP contribution is -2.34. The highest BCUT2D eigenvalue weighted by Crippen LogP contribution is 2.43. The SMILES string of the molecule is CNc1ncc(Cl)cc1C(=O)N(CCc1ccc(C)cc1)Cc1ccc(C(F)(F)C(F)(F)F)cc1. The molecule has 0 unspecified atom stereocenters. The summed E-state index contributed by atoms with van der Waals surface area (Å²) in [5, 5.41) is 3.09. The summed E-state index contributed by atoms with van der Waals surface area (Å²) in [5.74, 6) is -5.08. The van der Waals surface area contributed by atoms with Gasteiger partial charge in [0, 0.05) is 31.9 Å². The highest BCUT2D eigenvalue weighted by atomic mass is 35.5. The van der Waals surface area contributed by atoms with Crippen molar-refractivity contribution in [1.29, 1.82) is 0 Å². The molecule has 0 radical (unpaired) electrons. The number of rotatable bonds is 8.